The summed E-state index contributed by atoms with van der Waals surface area (Å²) < 4.78 is 18.1. The van der Waals surface area contributed by atoms with Gasteiger partial charge in [0.05, 0.1) is 44.2 Å². The zero-order valence-electron chi connectivity index (χ0n) is 24.9. The zero-order valence-corrected chi connectivity index (χ0v) is 25.6. The second-order valence-electron chi connectivity index (χ2n) is 9.96. The van der Waals surface area contributed by atoms with Crippen molar-refractivity contribution in [2.24, 2.45) is 7.05 Å². The fourth-order valence-electron chi connectivity index (χ4n) is 4.69. The van der Waals surface area contributed by atoms with Gasteiger partial charge in [-0.15, -0.1) is 0 Å². The van der Waals surface area contributed by atoms with Gasteiger partial charge in [-0.25, -0.2) is 19.3 Å². The van der Waals surface area contributed by atoms with Gasteiger partial charge in [0.2, 0.25) is 0 Å². The Morgan fingerprint density at radius 1 is 1.18 bits per heavy atom. The van der Waals surface area contributed by atoms with Crippen molar-refractivity contribution < 1.29 is 23.9 Å². The summed E-state index contributed by atoms with van der Waals surface area (Å²) in [6.07, 6.45) is 2.18. The van der Waals surface area contributed by atoms with Crippen LogP contribution >= 0.6 is 11.6 Å². The Balaban J connectivity index is 1.34. The van der Waals surface area contributed by atoms with Crippen LogP contribution in [0, 0.1) is 10.1 Å². The van der Waals surface area contributed by atoms with E-state index in [0.29, 0.717) is 40.5 Å². The van der Waals surface area contributed by atoms with Crippen molar-refractivity contribution in [2.75, 3.05) is 32.7 Å². The third-order valence-electron chi connectivity index (χ3n) is 6.94. The first-order valence-electron chi connectivity index (χ1n) is 13.6. The lowest BCUT2D eigenvalue weighted by Gasteiger charge is -2.21. The van der Waals surface area contributed by atoms with Crippen LogP contribution in [0.25, 0.3) is 11.2 Å². The Bertz CT molecular complexity index is 1840. The quantitative estimate of drug-likeness (QED) is 0.118. The molecule has 0 saturated carbocycles. The summed E-state index contributed by atoms with van der Waals surface area (Å²) in [6, 6.07) is 12.8. The van der Waals surface area contributed by atoms with E-state index in [-0.39, 0.29) is 29.6 Å². The normalized spacial score (nSPS) is 11.8. The standard InChI is InChI=1S/C29H30ClN9O6/c1-36(15-19-8-9-21(43-3)11-24(19)44-4)23-12-26(30)34-28-27(23)32-17-38(28)29(40)31-14-25(22-13-33-37(2)35-22)45-16-18-6-5-7-20(10-18)39(41)42/h5-13,17,25H,14-16H2,1-4H3,(H,31,40). The molecule has 3 heterocycles. The lowest BCUT2D eigenvalue weighted by atomic mass is 10.1. The van der Waals surface area contributed by atoms with Crippen LogP contribution in [0.3, 0.4) is 0 Å². The van der Waals surface area contributed by atoms with Crippen molar-refractivity contribution in [3.8, 4) is 11.5 Å². The minimum Gasteiger partial charge on any atom is -0.497 e. The van der Waals surface area contributed by atoms with Gasteiger partial charge in [0.15, 0.2) is 5.65 Å². The van der Waals surface area contributed by atoms with Crippen LogP contribution in [0.15, 0.2) is 61.1 Å². The van der Waals surface area contributed by atoms with Crippen LogP contribution in [0.1, 0.15) is 22.9 Å². The number of rotatable bonds is 12. The van der Waals surface area contributed by atoms with Gasteiger partial charge >= 0.3 is 6.03 Å². The van der Waals surface area contributed by atoms with E-state index in [9.17, 15) is 14.9 Å². The summed E-state index contributed by atoms with van der Waals surface area (Å²) in [5.41, 5.74) is 3.30. The van der Waals surface area contributed by atoms with Gasteiger partial charge < -0.3 is 24.4 Å². The molecule has 2 aromatic carbocycles. The number of hydrogen-bond acceptors (Lipinski definition) is 11. The fraction of sp³-hybridized carbons (Fsp3) is 0.276. The molecule has 5 rings (SSSR count). The number of non-ortho nitro benzene ring substituents is 1. The second-order valence-corrected chi connectivity index (χ2v) is 10.3. The molecule has 16 heteroatoms. The molecule has 0 bridgehead atoms. The molecule has 1 atom stereocenters. The Kier molecular flexibility index (Phi) is 9.39. The number of anilines is 1. The fourth-order valence-corrected chi connectivity index (χ4v) is 4.87. The first-order chi connectivity index (χ1) is 21.7. The number of nitrogens with zero attached hydrogens (tertiary/aromatic N) is 8. The van der Waals surface area contributed by atoms with Gasteiger partial charge in [0, 0.05) is 50.5 Å². The van der Waals surface area contributed by atoms with E-state index in [1.54, 1.807) is 45.5 Å². The molecule has 1 N–H and O–H groups in total. The first-order valence-corrected chi connectivity index (χ1v) is 14.0. The molecule has 0 aliphatic rings. The van der Waals surface area contributed by atoms with E-state index in [4.69, 9.17) is 25.8 Å². The number of imidazole rings is 1. The minimum atomic E-state index is -0.714. The van der Waals surface area contributed by atoms with Gasteiger partial charge in [-0.3, -0.25) is 10.1 Å². The van der Waals surface area contributed by atoms with Crippen molar-refractivity contribution in [1.82, 2.24) is 34.8 Å². The molecular formula is C29H30ClN9O6. The number of aryl methyl sites for hydroxylation is 1. The van der Waals surface area contributed by atoms with Gasteiger partial charge in [-0.1, -0.05) is 23.7 Å². The molecule has 0 spiro atoms. The third kappa shape index (κ3) is 7.11. The van der Waals surface area contributed by atoms with Crippen LogP contribution in [-0.2, 0) is 24.9 Å². The Morgan fingerprint density at radius 3 is 2.71 bits per heavy atom. The molecule has 5 aromatic rings. The number of nitro benzene ring substituents is 1. The van der Waals surface area contributed by atoms with E-state index < -0.39 is 17.1 Å². The summed E-state index contributed by atoms with van der Waals surface area (Å²) in [5.74, 6) is 1.33. The van der Waals surface area contributed by atoms with Gasteiger partial charge in [0.1, 0.15) is 40.3 Å². The smallest absolute Gasteiger partial charge is 0.328 e. The van der Waals surface area contributed by atoms with Crippen molar-refractivity contribution in [2.45, 2.75) is 19.3 Å². The Morgan fingerprint density at radius 2 is 2.00 bits per heavy atom. The maximum Gasteiger partial charge on any atom is 0.328 e. The maximum atomic E-state index is 13.4. The average molecular weight is 636 g/mol. The summed E-state index contributed by atoms with van der Waals surface area (Å²) in [6.45, 7) is 0.499. The number of halogens is 1. The van der Waals surface area contributed by atoms with E-state index in [1.807, 2.05) is 24.1 Å². The third-order valence-corrected chi connectivity index (χ3v) is 7.14. The van der Waals surface area contributed by atoms with Crippen molar-refractivity contribution >= 4 is 40.2 Å². The van der Waals surface area contributed by atoms with Crippen LogP contribution in [-0.4, -0.2) is 68.3 Å². The van der Waals surface area contributed by atoms with Gasteiger partial charge in [-0.2, -0.15) is 15.0 Å². The number of methoxy groups -OCH3 is 2. The highest BCUT2D eigenvalue weighted by Crippen LogP contribution is 2.31. The molecule has 0 radical (unpaired) electrons. The lowest BCUT2D eigenvalue weighted by molar-refractivity contribution is -0.385. The molecule has 0 aliphatic heterocycles. The number of carbonyl (C=O) groups excluding carboxylic acids is 1. The lowest BCUT2D eigenvalue weighted by Crippen LogP contribution is -2.33. The van der Waals surface area contributed by atoms with E-state index in [0.717, 1.165) is 5.56 Å². The monoisotopic (exact) mass is 635 g/mol. The minimum absolute atomic E-state index is 0.0106. The topological polar surface area (TPSA) is 165 Å². The highest BCUT2D eigenvalue weighted by Gasteiger charge is 2.22. The molecule has 0 fully saturated rings. The predicted molar refractivity (Wildman–Crippen MR) is 165 cm³/mol. The molecule has 0 aliphatic carbocycles. The number of benzene rings is 2. The number of ether oxygens (including phenoxy) is 3. The molecule has 3 aromatic heterocycles. The molecule has 234 valence electrons. The van der Waals surface area contributed by atoms with Crippen LogP contribution in [0.4, 0.5) is 16.2 Å². The number of hydrogen-bond donors (Lipinski definition) is 1. The van der Waals surface area contributed by atoms with E-state index in [1.165, 1.54) is 34.0 Å². The first kappa shape index (κ1) is 31.2. The number of fused-ring (bicyclic) bond motifs is 1. The number of carbonyl (C=O) groups is 1. The van der Waals surface area contributed by atoms with Crippen LogP contribution < -0.4 is 19.7 Å². The van der Waals surface area contributed by atoms with Crippen molar-refractivity contribution in [1.29, 1.82) is 0 Å². The van der Waals surface area contributed by atoms with E-state index >= 15 is 0 Å². The Labute approximate surface area is 262 Å². The van der Waals surface area contributed by atoms with Gasteiger partial charge in [0.25, 0.3) is 5.69 Å². The molecule has 15 nitrogen and oxygen atoms in total. The summed E-state index contributed by atoms with van der Waals surface area (Å²) in [7, 11) is 6.71. The number of pyridine rings is 1. The second kappa shape index (κ2) is 13.6. The number of amides is 1. The Hall–Kier alpha value is -5.28. The number of nitrogens with one attached hydrogen (secondary N) is 1. The van der Waals surface area contributed by atoms with Gasteiger partial charge in [-0.05, 0) is 17.7 Å². The SMILES string of the molecule is COc1ccc(CN(C)c2cc(Cl)nc3c2ncn3C(=O)NCC(OCc2cccc([N+](=O)[O-])c2)c2cnn(C)n2)c(OC)c1. The molecule has 1 amide bonds. The zero-order chi connectivity index (χ0) is 32.1. The molecular weight excluding hydrogens is 606 g/mol. The molecule has 1 unspecified atom stereocenters. The highest BCUT2D eigenvalue weighted by molar-refractivity contribution is 6.30. The van der Waals surface area contributed by atoms with Crippen LogP contribution in [0.5, 0.6) is 11.5 Å². The van der Waals surface area contributed by atoms with Crippen molar-refractivity contribution in [3.63, 3.8) is 0 Å². The summed E-state index contributed by atoms with van der Waals surface area (Å²) in [5, 5.41) is 22.6. The number of nitro groups is 1. The summed E-state index contributed by atoms with van der Waals surface area (Å²) >= 11 is 6.41. The highest BCUT2D eigenvalue weighted by atomic mass is 35.5. The largest absolute Gasteiger partial charge is 0.497 e. The summed E-state index contributed by atoms with van der Waals surface area (Å²) in [4.78, 5) is 36.2. The molecule has 45 heavy (non-hydrogen) atoms. The van der Waals surface area contributed by atoms with E-state index in [2.05, 4.69) is 25.5 Å². The van der Waals surface area contributed by atoms with Crippen LogP contribution in [0.2, 0.25) is 5.15 Å². The number of aromatic nitrogens is 6. The average Bonchev–Trinajstić information content (AvgIpc) is 3.67. The van der Waals surface area contributed by atoms with Crippen molar-refractivity contribution in [3.05, 3.63) is 93.1 Å². The predicted octanol–water partition coefficient (Wildman–Crippen LogP) is 4.29. The maximum absolute atomic E-state index is 13.4. The molecule has 0 saturated heterocycles.